The van der Waals surface area contributed by atoms with E-state index in [1.165, 1.54) is 18.4 Å². The number of rotatable bonds is 3. The summed E-state index contributed by atoms with van der Waals surface area (Å²) in [6.07, 6.45) is 4.12. The number of halogens is 1. The number of aromatic nitrogens is 1. The first kappa shape index (κ1) is 12.2. The zero-order valence-electron chi connectivity index (χ0n) is 10.1. The first-order valence-corrected chi connectivity index (χ1v) is 6.89. The Morgan fingerprint density at radius 1 is 1.26 bits per heavy atom. The lowest BCUT2D eigenvalue weighted by molar-refractivity contribution is 0.460. The molecule has 2 aromatic rings. The first-order chi connectivity index (χ1) is 9.26. The lowest BCUT2D eigenvalue weighted by Gasteiger charge is -2.08. The zero-order valence-corrected chi connectivity index (χ0v) is 11.7. The van der Waals surface area contributed by atoms with Crippen molar-refractivity contribution in [2.75, 3.05) is 0 Å². The highest BCUT2D eigenvalue weighted by molar-refractivity contribution is 9.10. The van der Waals surface area contributed by atoms with Gasteiger partial charge in [0.05, 0.1) is 5.56 Å². The summed E-state index contributed by atoms with van der Waals surface area (Å²) in [4.78, 5) is 4.16. The van der Waals surface area contributed by atoms with Gasteiger partial charge in [-0.2, -0.15) is 5.26 Å². The van der Waals surface area contributed by atoms with Crippen LogP contribution in [0.1, 0.15) is 29.9 Å². The molecule has 1 heterocycles. The summed E-state index contributed by atoms with van der Waals surface area (Å²) in [6, 6.07) is 11.6. The lowest BCUT2D eigenvalue weighted by Crippen LogP contribution is -1.92. The van der Waals surface area contributed by atoms with Gasteiger partial charge in [0.1, 0.15) is 11.8 Å². The molecule has 0 atom stereocenters. The van der Waals surface area contributed by atoms with Crippen LogP contribution in [0.5, 0.6) is 11.6 Å². The van der Waals surface area contributed by atoms with E-state index >= 15 is 0 Å². The quantitative estimate of drug-likeness (QED) is 0.844. The number of hydrogen-bond donors (Lipinski definition) is 0. The minimum Gasteiger partial charge on any atom is -0.438 e. The number of hydrogen-bond acceptors (Lipinski definition) is 3. The molecular weight excluding hydrogens is 304 g/mol. The third kappa shape index (κ3) is 2.77. The molecule has 0 N–H and O–H groups in total. The van der Waals surface area contributed by atoms with E-state index in [9.17, 15) is 0 Å². The third-order valence-electron chi connectivity index (χ3n) is 3.09. The Morgan fingerprint density at radius 3 is 2.74 bits per heavy atom. The maximum absolute atomic E-state index is 9.13. The Hall–Kier alpha value is -1.86. The van der Waals surface area contributed by atoms with Crippen molar-refractivity contribution in [2.24, 2.45) is 0 Å². The molecular formula is C15H11BrN2O. The van der Waals surface area contributed by atoms with Crippen molar-refractivity contribution >= 4 is 15.9 Å². The maximum atomic E-state index is 9.13. The van der Waals surface area contributed by atoms with Crippen molar-refractivity contribution in [3.8, 4) is 17.7 Å². The van der Waals surface area contributed by atoms with E-state index in [-0.39, 0.29) is 0 Å². The van der Waals surface area contributed by atoms with Crippen molar-refractivity contribution in [3.05, 3.63) is 52.1 Å². The van der Waals surface area contributed by atoms with Gasteiger partial charge in [-0.05, 0) is 58.5 Å². The van der Waals surface area contributed by atoms with E-state index in [4.69, 9.17) is 10.00 Å². The van der Waals surface area contributed by atoms with Gasteiger partial charge in [-0.3, -0.25) is 0 Å². The number of benzene rings is 1. The summed E-state index contributed by atoms with van der Waals surface area (Å²) in [5, 5.41) is 9.13. The molecule has 19 heavy (non-hydrogen) atoms. The van der Waals surface area contributed by atoms with Crippen LogP contribution >= 0.6 is 15.9 Å². The fraction of sp³-hybridized carbons (Fsp3) is 0.200. The number of ether oxygens (including phenoxy) is 1. The van der Waals surface area contributed by atoms with Crippen molar-refractivity contribution in [3.63, 3.8) is 0 Å². The normalized spacial score (nSPS) is 13.9. The number of pyridine rings is 1. The van der Waals surface area contributed by atoms with Crippen LogP contribution in [0.25, 0.3) is 0 Å². The van der Waals surface area contributed by atoms with Crippen molar-refractivity contribution in [2.45, 2.75) is 18.8 Å². The van der Waals surface area contributed by atoms with Crippen molar-refractivity contribution < 1.29 is 4.74 Å². The monoisotopic (exact) mass is 314 g/mol. The van der Waals surface area contributed by atoms with Gasteiger partial charge in [0.25, 0.3) is 0 Å². The highest BCUT2D eigenvalue weighted by Crippen LogP contribution is 2.42. The Bertz CT molecular complexity index is 642. The SMILES string of the molecule is N#Cc1ccc(C2CC2)cc1Oc1ccc(Br)cn1. The number of nitrogens with zero attached hydrogens (tertiary/aromatic N) is 2. The second kappa shape index (κ2) is 5.02. The van der Waals surface area contributed by atoms with Crippen LogP contribution in [0.3, 0.4) is 0 Å². The van der Waals surface area contributed by atoms with Gasteiger partial charge < -0.3 is 4.74 Å². The minimum atomic E-state index is 0.493. The van der Waals surface area contributed by atoms with E-state index in [1.807, 2.05) is 24.3 Å². The molecule has 0 bridgehead atoms. The molecule has 0 unspecified atom stereocenters. The van der Waals surface area contributed by atoms with Crippen LogP contribution in [0.4, 0.5) is 0 Å². The second-order valence-corrected chi connectivity index (χ2v) is 5.47. The van der Waals surface area contributed by atoms with Crippen LogP contribution < -0.4 is 4.74 Å². The Labute approximate surface area is 120 Å². The summed E-state index contributed by atoms with van der Waals surface area (Å²) in [7, 11) is 0. The molecule has 1 aromatic heterocycles. The molecule has 3 nitrogen and oxygen atoms in total. The fourth-order valence-electron chi connectivity index (χ4n) is 1.92. The van der Waals surface area contributed by atoms with Gasteiger partial charge in [0, 0.05) is 16.7 Å². The molecule has 1 aromatic carbocycles. The molecule has 0 amide bonds. The molecule has 0 saturated heterocycles. The predicted molar refractivity (Wildman–Crippen MR) is 75.1 cm³/mol. The topological polar surface area (TPSA) is 45.9 Å². The van der Waals surface area contributed by atoms with Crippen LogP contribution in [-0.2, 0) is 0 Å². The third-order valence-corrected chi connectivity index (χ3v) is 3.56. The molecule has 1 fully saturated rings. The van der Waals surface area contributed by atoms with Crippen molar-refractivity contribution in [1.82, 2.24) is 4.98 Å². The predicted octanol–water partition coefficient (Wildman–Crippen LogP) is 4.39. The lowest BCUT2D eigenvalue weighted by atomic mass is 10.1. The van der Waals surface area contributed by atoms with Gasteiger partial charge in [0.2, 0.25) is 5.88 Å². The van der Waals surface area contributed by atoms with Gasteiger partial charge in [0.15, 0.2) is 0 Å². The Kier molecular flexibility index (Phi) is 3.22. The molecule has 3 rings (SSSR count). The molecule has 4 heteroatoms. The molecule has 0 spiro atoms. The summed E-state index contributed by atoms with van der Waals surface area (Å²) in [5.74, 6) is 1.71. The van der Waals surface area contributed by atoms with Gasteiger partial charge in [-0.1, -0.05) is 6.07 Å². The van der Waals surface area contributed by atoms with E-state index in [0.29, 0.717) is 23.1 Å². The van der Waals surface area contributed by atoms with Crippen LogP contribution in [0.15, 0.2) is 41.0 Å². The molecule has 1 aliphatic rings. The summed E-state index contributed by atoms with van der Waals surface area (Å²) in [6.45, 7) is 0. The van der Waals surface area contributed by atoms with Gasteiger partial charge in [-0.15, -0.1) is 0 Å². The Balaban J connectivity index is 1.91. The first-order valence-electron chi connectivity index (χ1n) is 6.10. The standard InChI is InChI=1S/C15H11BrN2O/c16-13-5-6-15(18-9-13)19-14-7-11(10-1-2-10)3-4-12(14)8-17/h3-7,9-10H,1-2H2. The van der Waals surface area contributed by atoms with E-state index in [2.05, 4.69) is 27.0 Å². The van der Waals surface area contributed by atoms with E-state index in [1.54, 1.807) is 12.3 Å². The average molecular weight is 315 g/mol. The van der Waals surface area contributed by atoms with Crippen LogP contribution in [0, 0.1) is 11.3 Å². The van der Waals surface area contributed by atoms with E-state index in [0.717, 1.165) is 4.47 Å². The summed E-state index contributed by atoms with van der Waals surface area (Å²) < 4.78 is 6.61. The van der Waals surface area contributed by atoms with E-state index < -0.39 is 0 Å². The maximum Gasteiger partial charge on any atom is 0.219 e. The van der Waals surface area contributed by atoms with Crippen LogP contribution in [0.2, 0.25) is 0 Å². The largest absolute Gasteiger partial charge is 0.438 e. The Morgan fingerprint density at radius 2 is 2.11 bits per heavy atom. The van der Waals surface area contributed by atoms with Crippen molar-refractivity contribution in [1.29, 1.82) is 5.26 Å². The van der Waals surface area contributed by atoms with Crippen LogP contribution in [-0.4, -0.2) is 4.98 Å². The molecule has 0 radical (unpaired) electrons. The fourth-order valence-corrected chi connectivity index (χ4v) is 2.16. The molecule has 1 saturated carbocycles. The minimum absolute atomic E-state index is 0.493. The highest BCUT2D eigenvalue weighted by Gasteiger charge is 2.24. The second-order valence-electron chi connectivity index (χ2n) is 4.56. The number of nitriles is 1. The molecule has 1 aliphatic carbocycles. The highest BCUT2D eigenvalue weighted by atomic mass is 79.9. The smallest absolute Gasteiger partial charge is 0.219 e. The molecule has 0 aliphatic heterocycles. The molecule has 94 valence electrons. The van der Waals surface area contributed by atoms with Gasteiger partial charge in [-0.25, -0.2) is 4.98 Å². The zero-order chi connectivity index (χ0) is 13.2. The summed E-state index contributed by atoms with van der Waals surface area (Å²) in [5.41, 5.74) is 1.78. The van der Waals surface area contributed by atoms with Gasteiger partial charge >= 0.3 is 0 Å². The average Bonchev–Trinajstić information content (AvgIpc) is 3.26. The summed E-state index contributed by atoms with van der Waals surface area (Å²) >= 11 is 3.33.